The fraction of sp³-hybridized carbons (Fsp3) is 0.296. The van der Waals surface area contributed by atoms with Crippen molar-refractivity contribution in [1.29, 1.82) is 0 Å². The van der Waals surface area contributed by atoms with Gasteiger partial charge in [-0.1, -0.05) is 48.7 Å². The van der Waals surface area contributed by atoms with Gasteiger partial charge < -0.3 is 16.0 Å². The average Bonchev–Trinajstić information content (AvgIpc) is 2.91. The highest BCUT2D eigenvalue weighted by atomic mass is 35.5. The molecule has 11 heteroatoms. The molecule has 1 aliphatic rings. The quantitative estimate of drug-likeness (QED) is 0.391. The summed E-state index contributed by atoms with van der Waals surface area (Å²) in [6.07, 6.45) is 6.20. The van der Waals surface area contributed by atoms with E-state index in [9.17, 15) is 14.4 Å². The van der Waals surface area contributed by atoms with Gasteiger partial charge in [0.15, 0.2) is 0 Å². The van der Waals surface area contributed by atoms with E-state index in [1.54, 1.807) is 68.1 Å². The number of carbonyl (C=O) groups excluding carboxylic acids is 3. The van der Waals surface area contributed by atoms with Crippen LogP contribution in [0.15, 0.2) is 61.1 Å². The van der Waals surface area contributed by atoms with Crippen molar-refractivity contribution in [2.75, 3.05) is 17.7 Å². The lowest BCUT2D eigenvalue weighted by Gasteiger charge is -2.46. The number of likely N-dealkylation sites (tertiary alicyclic amines) is 1. The van der Waals surface area contributed by atoms with Crippen molar-refractivity contribution in [3.8, 4) is 0 Å². The predicted molar refractivity (Wildman–Crippen MR) is 147 cm³/mol. The summed E-state index contributed by atoms with van der Waals surface area (Å²) in [5.74, 6) is -1.29. The fourth-order valence-corrected chi connectivity index (χ4v) is 5.07. The van der Waals surface area contributed by atoms with Gasteiger partial charge in [-0.05, 0) is 54.3 Å². The van der Waals surface area contributed by atoms with Crippen LogP contribution >= 0.6 is 23.2 Å². The second-order valence-electron chi connectivity index (χ2n) is 9.09. The van der Waals surface area contributed by atoms with Gasteiger partial charge in [0, 0.05) is 31.3 Å². The van der Waals surface area contributed by atoms with Gasteiger partial charge in [0.25, 0.3) is 5.91 Å². The molecule has 3 heterocycles. The number of nitrogens with one attached hydrogen (secondary N) is 1. The van der Waals surface area contributed by atoms with E-state index >= 15 is 0 Å². The van der Waals surface area contributed by atoms with Gasteiger partial charge in [0.2, 0.25) is 5.91 Å². The lowest BCUT2D eigenvalue weighted by atomic mass is 9.81. The van der Waals surface area contributed by atoms with Crippen LogP contribution in [0, 0.1) is 5.92 Å². The number of pyridine rings is 2. The molecule has 0 aliphatic carbocycles. The molecule has 3 aromatic rings. The Bertz CT molecular complexity index is 1340. The number of hydrogen-bond donors (Lipinski definition) is 2. The van der Waals surface area contributed by atoms with E-state index in [1.807, 2.05) is 6.92 Å². The number of β-lactam (4-membered cyclic amide) rings is 1. The molecule has 1 aromatic carbocycles. The number of likely N-dealkylation sites (N-methyl/N-ethyl adjacent to an activating group) is 1. The lowest BCUT2D eigenvalue weighted by Crippen LogP contribution is -2.70. The van der Waals surface area contributed by atoms with Crippen LogP contribution in [0.1, 0.15) is 36.9 Å². The number of nitrogen functional groups attached to an aromatic ring is 1. The zero-order chi connectivity index (χ0) is 27.4. The lowest BCUT2D eigenvalue weighted by molar-refractivity contribution is -0.156. The molecule has 2 aromatic heterocycles. The number of amides is 4. The SMILES string of the molecule is CCC[C@@H](NC(=O)N1C(=O)[C@H](Cc2ccnc(N)c2)[C@H]1C(=O)N(C)c1ccncc1)c1cccc(Cl)c1Cl. The van der Waals surface area contributed by atoms with Gasteiger partial charge in [-0.25, -0.2) is 9.78 Å². The molecule has 9 nitrogen and oxygen atoms in total. The molecule has 0 spiro atoms. The molecule has 1 saturated heterocycles. The summed E-state index contributed by atoms with van der Waals surface area (Å²) in [5, 5.41) is 3.60. The highest BCUT2D eigenvalue weighted by molar-refractivity contribution is 6.42. The Morgan fingerprint density at radius 1 is 1.16 bits per heavy atom. The van der Waals surface area contributed by atoms with Gasteiger partial charge in [-0.3, -0.25) is 19.5 Å². The number of nitrogens with two attached hydrogens (primary N) is 1. The second-order valence-corrected chi connectivity index (χ2v) is 9.87. The molecule has 3 atom stereocenters. The maximum Gasteiger partial charge on any atom is 0.325 e. The third-order valence-corrected chi connectivity index (χ3v) is 7.43. The van der Waals surface area contributed by atoms with E-state index in [4.69, 9.17) is 28.9 Å². The first-order valence-electron chi connectivity index (χ1n) is 12.2. The Morgan fingerprint density at radius 3 is 2.58 bits per heavy atom. The van der Waals surface area contributed by atoms with Crippen molar-refractivity contribution in [2.45, 2.75) is 38.3 Å². The molecule has 0 bridgehead atoms. The number of carbonyl (C=O) groups is 3. The molecule has 198 valence electrons. The Balaban J connectivity index is 1.62. The molecule has 38 heavy (non-hydrogen) atoms. The number of urea groups is 1. The molecule has 0 radical (unpaired) electrons. The summed E-state index contributed by atoms with van der Waals surface area (Å²) in [5.41, 5.74) is 7.79. The number of imide groups is 1. The van der Waals surface area contributed by atoms with E-state index in [2.05, 4.69) is 15.3 Å². The number of nitrogens with zero attached hydrogens (tertiary/aromatic N) is 4. The molecule has 4 amide bonds. The molecule has 0 saturated carbocycles. The van der Waals surface area contributed by atoms with Crippen LogP contribution in [-0.2, 0) is 16.0 Å². The Hall–Kier alpha value is -3.69. The van der Waals surface area contributed by atoms with Crippen molar-refractivity contribution in [3.05, 3.63) is 82.2 Å². The number of rotatable bonds is 8. The van der Waals surface area contributed by atoms with Crippen LogP contribution in [0.3, 0.4) is 0 Å². The van der Waals surface area contributed by atoms with E-state index < -0.39 is 35.8 Å². The summed E-state index contributed by atoms with van der Waals surface area (Å²) in [4.78, 5) is 51.0. The van der Waals surface area contributed by atoms with E-state index in [0.717, 1.165) is 16.9 Å². The zero-order valence-electron chi connectivity index (χ0n) is 21.0. The van der Waals surface area contributed by atoms with Crippen LogP contribution in [0.4, 0.5) is 16.3 Å². The van der Waals surface area contributed by atoms with Crippen molar-refractivity contribution in [1.82, 2.24) is 20.2 Å². The summed E-state index contributed by atoms with van der Waals surface area (Å²) in [7, 11) is 1.60. The van der Waals surface area contributed by atoms with Crippen molar-refractivity contribution in [2.24, 2.45) is 5.92 Å². The van der Waals surface area contributed by atoms with E-state index in [1.165, 1.54) is 4.90 Å². The van der Waals surface area contributed by atoms with E-state index in [0.29, 0.717) is 33.5 Å². The fourth-order valence-electron chi connectivity index (χ4n) is 4.63. The van der Waals surface area contributed by atoms with Gasteiger partial charge >= 0.3 is 6.03 Å². The summed E-state index contributed by atoms with van der Waals surface area (Å²) in [6, 6.07) is 9.75. The maximum absolute atomic E-state index is 13.7. The van der Waals surface area contributed by atoms with E-state index in [-0.39, 0.29) is 6.42 Å². The minimum Gasteiger partial charge on any atom is -0.384 e. The summed E-state index contributed by atoms with van der Waals surface area (Å²) in [6.45, 7) is 1.97. The third-order valence-electron chi connectivity index (χ3n) is 6.60. The first-order chi connectivity index (χ1) is 18.2. The van der Waals surface area contributed by atoms with Gasteiger partial charge in [0.05, 0.1) is 22.0 Å². The number of benzene rings is 1. The van der Waals surface area contributed by atoms with Crippen molar-refractivity contribution >= 4 is 52.6 Å². The van der Waals surface area contributed by atoms with Gasteiger partial charge in [0.1, 0.15) is 11.9 Å². The Morgan fingerprint density at radius 2 is 1.89 bits per heavy atom. The highest BCUT2D eigenvalue weighted by Crippen LogP contribution is 2.35. The number of aromatic nitrogens is 2. The minimum absolute atomic E-state index is 0.231. The molecule has 3 N–H and O–H groups in total. The van der Waals surface area contributed by atoms with Crippen LogP contribution in [0.2, 0.25) is 10.0 Å². The Labute approximate surface area is 230 Å². The molecular weight excluding hydrogens is 527 g/mol. The maximum atomic E-state index is 13.7. The number of hydrogen-bond acceptors (Lipinski definition) is 6. The van der Waals surface area contributed by atoms with Gasteiger partial charge in [-0.15, -0.1) is 0 Å². The molecule has 1 aliphatic heterocycles. The molecule has 0 unspecified atom stereocenters. The minimum atomic E-state index is -1.02. The molecule has 1 fully saturated rings. The average molecular weight is 555 g/mol. The van der Waals surface area contributed by atoms with Gasteiger partial charge in [-0.2, -0.15) is 0 Å². The topological polar surface area (TPSA) is 122 Å². The van der Waals surface area contributed by atoms with Crippen molar-refractivity contribution in [3.63, 3.8) is 0 Å². The third kappa shape index (κ3) is 5.58. The largest absolute Gasteiger partial charge is 0.384 e. The number of anilines is 2. The van der Waals surface area contributed by atoms with Crippen LogP contribution in [0.5, 0.6) is 0 Å². The monoisotopic (exact) mass is 554 g/mol. The number of halogens is 2. The van der Waals surface area contributed by atoms with Crippen LogP contribution in [0.25, 0.3) is 0 Å². The van der Waals surface area contributed by atoms with Crippen LogP contribution < -0.4 is 16.0 Å². The van der Waals surface area contributed by atoms with Crippen LogP contribution in [-0.4, -0.2) is 45.8 Å². The smallest absolute Gasteiger partial charge is 0.325 e. The first-order valence-corrected chi connectivity index (χ1v) is 12.9. The predicted octanol–water partition coefficient (Wildman–Crippen LogP) is 4.65. The standard InChI is InChI=1S/C27H28Cl2N6O3/c1-3-5-21(18-6-4-7-20(28)23(18)29)33-27(38)35-24(26(37)34(2)17-9-11-31-12-10-17)19(25(35)36)14-16-8-13-32-22(30)15-16/h4,6-13,15,19,21,24H,3,5,14H2,1-2H3,(H2,30,32)(H,33,38)/t19-,21-,24+/m1/s1. The summed E-state index contributed by atoms with van der Waals surface area (Å²) >= 11 is 12.6. The second kappa shape index (κ2) is 11.8. The first kappa shape index (κ1) is 27.3. The zero-order valence-corrected chi connectivity index (χ0v) is 22.5. The molecule has 4 rings (SSSR count). The highest BCUT2D eigenvalue weighted by Gasteiger charge is 2.55. The normalized spacial score (nSPS) is 17.5. The Kier molecular flexibility index (Phi) is 8.48. The van der Waals surface area contributed by atoms with Crippen molar-refractivity contribution < 1.29 is 14.4 Å². The summed E-state index contributed by atoms with van der Waals surface area (Å²) < 4.78 is 0. The molecular formula is C27H28Cl2N6O3.